The summed E-state index contributed by atoms with van der Waals surface area (Å²) in [6, 6.07) is 3.47. The number of ether oxygens (including phenoxy) is 1. The van der Waals surface area contributed by atoms with Crippen LogP contribution in [-0.4, -0.2) is 24.4 Å². The second-order valence-electron chi connectivity index (χ2n) is 2.37. The normalized spacial score (nSPS) is 9.46. The van der Waals surface area contributed by atoms with E-state index >= 15 is 0 Å². The van der Waals surface area contributed by atoms with Crippen LogP contribution in [-0.2, 0) is 0 Å². The number of pyridine rings is 1. The molecule has 1 heterocycles. The third-order valence-electron chi connectivity index (χ3n) is 1.58. The molecule has 4 nitrogen and oxygen atoms in total. The van der Waals surface area contributed by atoms with Gasteiger partial charge in [-0.2, -0.15) is 0 Å². The van der Waals surface area contributed by atoms with Gasteiger partial charge < -0.3 is 4.74 Å². The molecule has 0 saturated heterocycles. The van der Waals surface area contributed by atoms with Crippen LogP contribution >= 0.6 is 12.6 Å². The monoisotopic (exact) mass is 198 g/mol. The minimum atomic E-state index is -0.378. The molecule has 5 heteroatoms. The van der Waals surface area contributed by atoms with Gasteiger partial charge in [0.15, 0.2) is 11.6 Å². The quantitative estimate of drug-likeness (QED) is 0.733. The Hall–Kier alpha value is -1.23. The van der Waals surface area contributed by atoms with Crippen molar-refractivity contribution < 1.29 is 9.53 Å². The van der Waals surface area contributed by atoms with Crippen LogP contribution in [0, 0.1) is 0 Å². The molecule has 0 aliphatic heterocycles. The molecule has 0 aliphatic rings. The van der Waals surface area contributed by atoms with Crippen LogP contribution in [0.1, 0.15) is 0 Å². The molecule has 0 fully saturated rings. The lowest BCUT2D eigenvalue weighted by atomic mass is 10.4. The molecule has 0 saturated carbocycles. The highest BCUT2D eigenvalue weighted by molar-refractivity contribution is 7.96. The van der Waals surface area contributed by atoms with Gasteiger partial charge in [0, 0.05) is 13.2 Å². The van der Waals surface area contributed by atoms with Crippen molar-refractivity contribution >= 4 is 23.7 Å². The van der Waals surface area contributed by atoms with Crippen LogP contribution in [0.4, 0.5) is 10.6 Å². The van der Waals surface area contributed by atoms with Crippen molar-refractivity contribution in [2.24, 2.45) is 0 Å². The van der Waals surface area contributed by atoms with Crippen molar-refractivity contribution in [2.75, 3.05) is 19.1 Å². The molecule has 0 bridgehead atoms. The SMILES string of the molecule is COc1cccnc1N(C)C(=O)S. The molecule has 13 heavy (non-hydrogen) atoms. The Balaban J connectivity index is 3.05. The van der Waals surface area contributed by atoms with Gasteiger partial charge in [-0.3, -0.25) is 9.69 Å². The number of methoxy groups -OCH3 is 1. The second-order valence-corrected chi connectivity index (χ2v) is 2.75. The Kier molecular flexibility index (Phi) is 3.13. The van der Waals surface area contributed by atoms with Gasteiger partial charge in [0.2, 0.25) is 0 Å². The van der Waals surface area contributed by atoms with Crippen molar-refractivity contribution in [3.63, 3.8) is 0 Å². The number of carbonyl (C=O) groups is 1. The summed E-state index contributed by atoms with van der Waals surface area (Å²) in [7, 11) is 3.11. The predicted octanol–water partition coefficient (Wildman–Crippen LogP) is 1.58. The van der Waals surface area contributed by atoms with Crippen molar-refractivity contribution in [3.8, 4) is 5.75 Å². The molecule has 1 aromatic rings. The van der Waals surface area contributed by atoms with E-state index in [9.17, 15) is 4.79 Å². The number of hydrogen-bond acceptors (Lipinski definition) is 3. The summed E-state index contributed by atoms with van der Waals surface area (Å²) < 4.78 is 5.03. The number of anilines is 1. The molecule has 0 atom stereocenters. The largest absolute Gasteiger partial charge is 0.493 e. The summed E-state index contributed by atoms with van der Waals surface area (Å²) in [5, 5.41) is -0.378. The highest BCUT2D eigenvalue weighted by atomic mass is 32.1. The van der Waals surface area contributed by atoms with Crippen LogP contribution in [0.25, 0.3) is 0 Å². The Labute approximate surface area is 81.9 Å². The maximum atomic E-state index is 10.9. The smallest absolute Gasteiger partial charge is 0.283 e. The zero-order valence-corrected chi connectivity index (χ0v) is 8.28. The Bertz CT molecular complexity index is 317. The van der Waals surface area contributed by atoms with Gasteiger partial charge in [-0.25, -0.2) is 4.98 Å². The number of hydrogen-bond donors (Lipinski definition) is 1. The molecular formula is C8H10N2O2S. The predicted molar refractivity (Wildman–Crippen MR) is 53.6 cm³/mol. The summed E-state index contributed by atoms with van der Waals surface area (Å²) in [6.45, 7) is 0. The molecule has 70 valence electrons. The van der Waals surface area contributed by atoms with Crippen LogP contribution in [0.15, 0.2) is 18.3 Å². The molecule has 0 unspecified atom stereocenters. The fourth-order valence-electron chi connectivity index (χ4n) is 0.884. The number of aromatic nitrogens is 1. The van der Waals surface area contributed by atoms with Gasteiger partial charge in [-0.15, -0.1) is 0 Å². The van der Waals surface area contributed by atoms with E-state index in [2.05, 4.69) is 17.6 Å². The third-order valence-corrected chi connectivity index (χ3v) is 1.88. The Morgan fingerprint density at radius 3 is 2.92 bits per heavy atom. The van der Waals surface area contributed by atoms with Crippen molar-refractivity contribution in [1.29, 1.82) is 0 Å². The average Bonchev–Trinajstić information content (AvgIpc) is 2.16. The van der Waals surface area contributed by atoms with E-state index in [1.54, 1.807) is 25.4 Å². The van der Waals surface area contributed by atoms with Gasteiger partial charge in [0.05, 0.1) is 7.11 Å². The van der Waals surface area contributed by atoms with Gasteiger partial charge in [0.1, 0.15) is 0 Å². The molecule has 1 rings (SSSR count). The molecule has 1 amide bonds. The standard InChI is InChI=1S/C8H10N2O2S/c1-10(8(11)13)7-6(12-2)4-3-5-9-7/h3-5H,1-2H3,(H,11,13). The van der Waals surface area contributed by atoms with E-state index in [-0.39, 0.29) is 5.24 Å². The molecular weight excluding hydrogens is 188 g/mol. The Morgan fingerprint density at radius 1 is 1.69 bits per heavy atom. The number of thiol groups is 1. The van der Waals surface area contributed by atoms with Crippen LogP contribution in [0.3, 0.4) is 0 Å². The lowest BCUT2D eigenvalue weighted by molar-refractivity contribution is 0.266. The van der Waals surface area contributed by atoms with E-state index in [0.29, 0.717) is 11.6 Å². The Morgan fingerprint density at radius 2 is 2.38 bits per heavy atom. The lowest BCUT2D eigenvalue weighted by Gasteiger charge is -2.15. The maximum Gasteiger partial charge on any atom is 0.283 e. The highest BCUT2D eigenvalue weighted by Crippen LogP contribution is 2.24. The lowest BCUT2D eigenvalue weighted by Crippen LogP contribution is -2.21. The van der Waals surface area contributed by atoms with Crippen LogP contribution in [0.5, 0.6) is 5.75 Å². The molecule has 0 aromatic carbocycles. The average molecular weight is 198 g/mol. The first-order chi connectivity index (χ1) is 6.16. The van der Waals surface area contributed by atoms with Crippen molar-refractivity contribution in [1.82, 2.24) is 4.98 Å². The summed E-state index contributed by atoms with van der Waals surface area (Å²) in [6.07, 6.45) is 1.59. The first kappa shape index (κ1) is 9.85. The number of amides is 1. The second kappa shape index (κ2) is 4.13. The third kappa shape index (κ3) is 2.12. The fourth-order valence-corrected chi connectivity index (χ4v) is 0.979. The molecule has 0 radical (unpaired) electrons. The summed E-state index contributed by atoms with van der Waals surface area (Å²) in [5.41, 5.74) is 0. The zero-order chi connectivity index (χ0) is 9.84. The van der Waals surface area contributed by atoms with Crippen molar-refractivity contribution in [2.45, 2.75) is 0 Å². The number of nitrogens with zero attached hydrogens (tertiary/aromatic N) is 2. The fraction of sp³-hybridized carbons (Fsp3) is 0.250. The van der Waals surface area contributed by atoms with Gasteiger partial charge in [0.25, 0.3) is 5.24 Å². The highest BCUT2D eigenvalue weighted by Gasteiger charge is 2.12. The van der Waals surface area contributed by atoms with Gasteiger partial charge in [-0.1, -0.05) is 12.6 Å². The number of rotatable bonds is 2. The number of carbonyl (C=O) groups excluding carboxylic acids is 1. The minimum Gasteiger partial charge on any atom is -0.493 e. The van der Waals surface area contributed by atoms with Crippen molar-refractivity contribution in [3.05, 3.63) is 18.3 Å². The zero-order valence-electron chi connectivity index (χ0n) is 7.39. The van der Waals surface area contributed by atoms with E-state index in [0.717, 1.165) is 0 Å². The molecule has 0 spiro atoms. The molecule has 0 aliphatic carbocycles. The van der Waals surface area contributed by atoms with E-state index in [4.69, 9.17) is 4.74 Å². The topological polar surface area (TPSA) is 42.4 Å². The molecule has 1 aromatic heterocycles. The van der Waals surface area contributed by atoms with Crippen LogP contribution in [0.2, 0.25) is 0 Å². The van der Waals surface area contributed by atoms with Gasteiger partial charge >= 0.3 is 0 Å². The van der Waals surface area contributed by atoms with E-state index in [1.165, 1.54) is 12.0 Å². The first-order valence-electron chi connectivity index (χ1n) is 3.62. The van der Waals surface area contributed by atoms with E-state index < -0.39 is 0 Å². The minimum absolute atomic E-state index is 0.378. The maximum absolute atomic E-state index is 10.9. The van der Waals surface area contributed by atoms with E-state index in [1.807, 2.05) is 0 Å². The molecule has 0 N–H and O–H groups in total. The summed E-state index contributed by atoms with van der Waals surface area (Å²) in [5.74, 6) is 1.01. The summed E-state index contributed by atoms with van der Waals surface area (Å²) >= 11 is 3.68. The van der Waals surface area contributed by atoms with Crippen LogP contribution < -0.4 is 9.64 Å². The van der Waals surface area contributed by atoms with Gasteiger partial charge in [-0.05, 0) is 12.1 Å². The first-order valence-corrected chi connectivity index (χ1v) is 4.07. The summed E-state index contributed by atoms with van der Waals surface area (Å²) in [4.78, 5) is 16.2.